The first kappa shape index (κ1) is 14.9. The Labute approximate surface area is 108 Å². The Morgan fingerprint density at radius 2 is 1.94 bits per heavy atom. The fraction of sp³-hybridized carbons (Fsp3) is 0.500. The van der Waals surface area contributed by atoms with Gasteiger partial charge in [-0.15, -0.1) is 0 Å². The smallest absolute Gasteiger partial charge is 0.243 e. The van der Waals surface area contributed by atoms with E-state index in [1.807, 2.05) is 0 Å². The molecule has 0 aliphatic carbocycles. The first-order valence-corrected chi connectivity index (χ1v) is 7.03. The molecule has 6 heteroatoms. The molecule has 102 valence electrons. The van der Waals surface area contributed by atoms with Crippen molar-refractivity contribution in [2.75, 3.05) is 19.4 Å². The Bertz CT molecular complexity index is 538. The van der Waals surface area contributed by atoms with Gasteiger partial charge in [-0.1, -0.05) is 6.07 Å². The van der Waals surface area contributed by atoms with Crippen LogP contribution in [0.1, 0.15) is 19.4 Å². The van der Waals surface area contributed by atoms with Crippen LogP contribution in [0, 0.1) is 6.92 Å². The van der Waals surface area contributed by atoms with E-state index in [9.17, 15) is 13.5 Å². The second-order valence-electron chi connectivity index (χ2n) is 4.97. The van der Waals surface area contributed by atoms with E-state index in [-0.39, 0.29) is 11.5 Å². The van der Waals surface area contributed by atoms with E-state index < -0.39 is 15.6 Å². The van der Waals surface area contributed by atoms with Crippen molar-refractivity contribution < 1.29 is 13.5 Å². The molecule has 0 fully saturated rings. The summed E-state index contributed by atoms with van der Waals surface area (Å²) in [7, 11) is -2.22. The zero-order chi connectivity index (χ0) is 14.1. The van der Waals surface area contributed by atoms with Crippen molar-refractivity contribution in [2.24, 2.45) is 0 Å². The average molecular weight is 272 g/mol. The molecule has 0 saturated carbocycles. The van der Waals surface area contributed by atoms with Crippen molar-refractivity contribution in [1.29, 1.82) is 0 Å². The summed E-state index contributed by atoms with van der Waals surface area (Å²) in [6, 6.07) is 4.77. The van der Waals surface area contributed by atoms with Gasteiger partial charge in [0.1, 0.15) is 0 Å². The van der Waals surface area contributed by atoms with Crippen LogP contribution < -0.4 is 5.73 Å². The molecule has 0 saturated heterocycles. The van der Waals surface area contributed by atoms with E-state index in [4.69, 9.17) is 5.73 Å². The van der Waals surface area contributed by atoms with Crippen molar-refractivity contribution >= 4 is 15.7 Å². The standard InChI is InChI=1S/C12H20N2O3S/c1-9-5-6-10(13)7-11(9)18(16,17)14(4)12(2,3)8-15/h5-7,15H,8,13H2,1-4H3. The molecule has 0 bridgehead atoms. The number of nitrogens with two attached hydrogens (primary N) is 1. The normalized spacial score (nSPS) is 13.0. The number of nitrogens with zero attached hydrogens (tertiary/aromatic N) is 1. The fourth-order valence-electron chi connectivity index (χ4n) is 1.47. The van der Waals surface area contributed by atoms with Gasteiger partial charge in [0.25, 0.3) is 0 Å². The highest BCUT2D eigenvalue weighted by atomic mass is 32.2. The zero-order valence-corrected chi connectivity index (χ0v) is 12.0. The summed E-state index contributed by atoms with van der Waals surface area (Å²) >= 11 is 0. The van der Waals surface area contributed by atoms with E-state index in [2.05, 4.69) is 0 Å². The van der Waals surface area contributed by atoms with Crippen LogP contribution in [0.15, 0.2) is 23.1 Å². The Morgan fingerprint density at radius 1 is 1.39 bits per heavy atom. The SMILES string of the molecule is Cc1ccc(N)cc1S(=O)(=O)N(C)C(C)(C)CO. The number of hydrogen-bond acceptors (Lipinski definition) is 4. The number of aryl methyl sites for hydroxylation is 1. The maximum absolute atomic E-state index is 12.5. The third-order valence-corrected chi connectivity index (χ3v) is 5.30. The van der Waals surface area contributed by atoms with E-state index in [0.717, 1.165) is 0 Å². The van der Waals surface area contributed by atoms with Gasteiger partial charge in [-0.3, -0.25) is 0 Å². The Kier molecular flexibility index (Phi) is 4.05. The molecule has 0 heterocycles. The van der Waals surface area contributed by atoms with Gasteiger partial charge in [-0.25, -0.2) is 8.42 Å². The van der Waals surface area contributed by atoms with Crippen LogP contribution in [0.3, 0.4) is 0 Å². The largest absolute Gasteiger partial charge is 0.399 e. The maximum atomic E-state index is 12.5. The highest BCUT2D eigenvalue weighted by Crippen LogP contribution is 2.26. The molecule has 0 amide bonds. The number of nitrogen functional groups attached to an aromatic ring is 1. The van der Waals surface area contributed by atoms with Crippen molar-refractivity contribution in [3.05, 3.63) is 23.8 Å². The summed E-state index contributed by atoms with van der Waals surface area (Å²) < 4.78 is 26.1. The number of benzene rings is 1. The van der Waals surface area contributed by atoms with Crippen LogP contribution in [0.2, 0.25) is 0 Å². The predicted molar refractivity (Wildman–Crippen MR) is 71.7 cm³/mol. The lowest BCUT2D eigenvalue weighted by Crippen LogP contribution is -2.47. The molecule has 0 aliphatic heterocycles. The van der Waals surface area contributed by atoms with Gasteiger partial charge in [0.2, 0.25) is 10.0 Å². The van der Waals surface area contributed by atoms with Gasteiger partial charge < -0.3 is 10.8 Å². The Hall–Kier alpha value is -1.11. The molecular weight excluding hydrogens is 252 g/mol. The number of anilines is 1. The minimum atomic E-state index is -3.67. The molecule has 1 aromatic rings. The lowest BCUT2D eigenvalue weighted by atomic mass is 10.1. The highest BCUT2D eigenvalue weighted by molar-refractivity contribution is 7.89. The first-order chi connectivity index (χ1) is 8.13. The Morgan fingerprint density at radius 3 is 2.44 bits per heavy atom. The molecule has 0 aromatic heterocycles. The van der Waals surface area contributed by atoms with E-state index in [1.54, 1.807) is 32.9 Å². The van der Waals surface area contributed by atoms with Crippen LogP contribution in [0.25, 0.3) is 0 Å². The number of rotatable bonds is 4. The van der Waals surface area contributed by atoms with Gasteiger partial charge in [0.05, 0.1) is 17.0 Å². The van der Waals surface area contributed by atoms with Crippen molar-refractivity contribution in [1.82, 2.24) is 4.31 Å². The van der Waals surface area contributed by atoms with Crippen LogP contribution in [0.5, 0.6) is 0 Å². The molecule has 0 atom stereocenters. The summed E-state index contributed by atoms with van der Waals surface area (Å²) in [4.78, 5) is 0.173. The molecule has 1 rings (SSSR count). The zero-order valence-electron chi connectivity index (χ0n) is 11.1. The summed E-state index contributed by atoms with van der Waals surface area (Å²) in [6.45, 7) is 4.77. The van der Waals surface area contributed by atoms with E-state index in [1.165, 1.54) is 17.4 Å². The van der Waals surface area contributed by atoms with Gasteiger partial charge in [-0.05, 0) is 38.5 Å². The minimum absolute atomic E-state index is 0.173. The third-order valence-electron chi connectivity index (χ3n) is 3.09. The molecule has 5 nitrogen and oxygen atoms in total. The van der Waals surface area contributed by atoms with Crippen LogP contribution in [0.4, 0.5) is 5.69 Å². The lowest BCUT2D eigenvalue weighted by molar-refractivity contribution is 0.138. The summed E-state index contributed by atoms with van der Waals surface area (Å²) in [5.41, 5.74) is 5.80. The van der Waals surface area contributed by atoms with Crippen LogP contribution in [-0.2, 0) is 10.0 Å². The molecule has 0 radical (unpaired) electrons. The van der Waals surface area contributed by atoms with E-state index in [0.29, 0.717) is 11.3 Å². The number of aliphatic hydroxyl groups excluding tert-OH is 1. The summed E-state index contributed by atoms with van der Waals surface area (Å²) in [5.74, 6) is 0. The van der Waals surface area contributed by atoms with Gasteiger partial charge >= 0.3 is 0 Å². The number of hydrogen-bond donors (Lipinski definition) is 2. The quantitative estimate of drug-likeness (QED) is 0.800. The molecular formula is C12H20N2O3S. The number of sulfonamides is 1. The monoisotopic (exact) mass is 272 g/mol. The van der Waals surface area contributed by atoms with E-state index >= 15 is 0 Å². The molecule has 3 N–H and O–H groups in total. The third kappa shape index (κ3) is 2.66. The number of likely N-dealkylation sites (N-methyl/N-ethyl adjacent to an activating group) is 1. The molecule has 0 unspecified atom stereocenters. The summed E-state index contributed by atoms with van der Waals surface area (Å²) in [5, 5.41) is 9.27. The predicted octanol–water partition coefficient (Wildman–Crippen LogP) is 0.969. The van der Waals surface area contributed by atoms with Gasteiger partial charge in [-0.2, -0.15) is 4.31 Å². The Balaban J connectivity index is 3.34. The molecule has 0 spiro atoms. The van der Waals surface area contributed by atoms with Crippen LogP contribution >= 0.6 is 0 Å². The lowest BCUT2D eigenvalue weighted by Gasteiger charge is -2.33. The van der Waals surface area contributed by atoms with Crippen LogP contribution in [-0.4, -0.2) is 37.0 Å². The summed E-state index contributed by atoms with van der Waals surface area (Å²) in [6.07, 6.45) is 0. The first-order valence-electron chi connectivity index (χ1n) is 5.59. The molecule has 18 heavy (non-hydrogen) atoms. The fourth-order valence-corrected chi connectivity index (χ4v) is 3.23. The molecule has 0 aliphatic rings. The topological polar surface area (TPSA) is 83.6 Å². The van der Waals surface area contributed by atoms with Crippen molar-refractivity contribution in [2.45, 2.75) is 31.2 Å². The van der Waals surface area contributed by atoms with Gasteiger partial charge in [0.15, 0.2) is 0 Å². The van der Waals surface area contributed by atoms with Gasteiger partial charge in [0, 0.05) is 12.7 Å². The number of aliphatic hydroxyl groups is 1. The average Bonchev–Trinajstić information content (AvgIpc) is 2.31. The second-order valence-corrected chi connectivity index (χ2v) is 6.91. The molecule has 1 aromatic carbocycles. The highest BCUT2D eigenvalue weighted by Gasteiger charge is 2.34. The van der Waals surface area contributed by atoms with Crippen molar-refractivity contribution in [3.8, 4) is 0 Å². The maximum Gasteiger partial charge on any atom is 0.243 e. The second kappa shape index (κ2) is 4.87. The minimum Gasteiger partial charge on any atom is -0.399 e. The van der Waals surface area contributed by atoms with Crippen molar-refractivity contribution in [3.63, 3.8) is 0 Å².